The minimum Gasteiger partial charge on any atom is -0.353 e. The molecular formula is C21H27N3O. The summed E-state index contributed by atoms with van der Waals surface area (Å²) >= 11 is 0. The predicted octanol–water partition coefficient (Wildman–Crippen LogP) is 2.78. The molecule has 0 spiro atoms. The fourth-order valence-electron chi connectivity index (χ4n) is 3.41. The third kappa shape index (κ3) is 4.68. The topological polar surface area (TPSA) is 58.4 Å². The molecule has 132 valence electrons. The van der Waals surface area contributed by atoms with Gasteiger partial charge in [-0.15, -0.1) is 0 Å². The number of carbonyl (C=O) groups excluding carboxylic acids is 1. The minimum absolute atomic E-state index is 0.101. The fraction of sp³-hybridized carbons (Fsp3) is 0.381. The van der Waals surface area contributed by atoms with E-state index in [-0.39, 0.29) is 5.91 Å². The van der Waals surface area contributed by atoms with Crippen LogP contribution in [0.1, 0.15) is 35.6 Å². The molecule has 0 aliphatic carbocycles. The Kier molecular flexibility index (Phi) is 5.84. The summed E-state index contributed by atoms with van der Waals surface area (Å²) in [7, 11) is 0. The van der Waals surface area contributed by atoms with Crippen LogP contribution < -0.4 is 11.1 Å². The Labute approximate surface area is 150 Å². The van der Waals surface area contributed by atoms with Crippen LogP contribution in [0.5, 0.6) is 0 Å². The zero-order chi connectivity index (χ0) is 17.6. The Hall–Kier alpha value is -2.17. The molecule has 4 heteroatoms. The first-order chi connectivity index (χ1) is 12.1. The van der Waals surface area contributed by atoms with Gasteiger partial charge in [-0.3, -0.25) is 9.69 Å². The Morgan fingerprint density at radius 3 is 2.64 bits per heavy atom. The maximum Gasteiger partial charge on any atom is 0.241 e. The lowest BCUT2D eigenvalue weighted by atomic mass is 10.1. The first kappa shape index (κ1) is 17.6. The highest BCUT2D eigenvalue weighted by atomic mass is 16.2. The van der Waals surface area contributed by atoms with Crippen LogP contribution in [0.2, 0.25) is 0 Å². The first-order valence-corrected chi connectivity index (χ1v) is 9.01. The van der Waals surface area contributed by atoms with Crippen molar-refractivity contribution < 1.29 is 4.79 Å². The highest BCUT2D eigenvalue weighted by Gasteiger charge is 2.25. The lowest BCUT2D eigenvalue weighted by molar-refractivity contribution is -0.122. The number of hydrogen-bond donors (Lipinski definition) is 2. The van der Waals surface area contributed by atoms with E-state index in [0.29, 0.717) is 12.6 Å². The summed E-state index contributed by atoms with van der Waals surface area (Å²) in [5.41, 5.74) is 9.45. The smallest absolute Gasteiger partial charge is 0.241 e. The van der Waals surface area contributed by atoms with Crippen molar-refractivity contribution in [1.29, 1.82) is 0 Å². The molecule has 1 saturated heterocycles. The lowest BCUT2D eigenvalue weighted by Crippen LogP contribution is -2.42. The van der Waals surface area contributed by atoms with Gasteiger partial charge in [-0.05, 0) is 37.4 Å². The van der Waals surface area contributed by atoms with E-state index in [1.807, 2.05) is 37.3 Å². The monoisotopic (exact) mass is 337 g/mol. The molecular weight excluding hydrogens is 310 g/mol. The number of nitrogens with zero attached hydrogens (tertiary/aromatic N) is 1. The van der Waals surface area contributed by atoms with Crippen molar-refractivity contribution in [1.82, 2.24) is 10.2 Å². The zero-order valence-corrected chi connectivity index (χ0v) is 14.8. The molecule has 1 aliphatic heterocycles. The highest BCUT2D eigenvalue weighted by Crippen LogP contribution is 2.20. The van der Waals surface area contributed by atoms with Crippen LogP contribution >= 0.6 is 0 Å². The number of likely N-dealkylation sites (tertiary alicyclic amines) is 1. The van der Waals surface area contributed by atoms with Crippen LogP contribution in [0, 0.1) is 6.92 Å². The summed E-state index contributed by atoms with van der Waals surface area (Å²) in [4.78, 5) is 14.8. The molecule has 0 radical (unpaired) electrons. The van der Waals surface area contributed by atoms with E-state index in [2.05, 4.69) is 34.5 Å². The Morgan fingerprint density at radius 1 is 1.20 bits per heavy atom. The molecule has 2 aromatic rings. The molecule has 1 aliphatic rings. The number of nitrogens with two attached hydrogens (primary N) is 1. The summed E-state index contributed by atoms with van der Waals surface area (Å²) in [6, 6.07) is 18.1. The maximum absolute atomic E-state index is 12.4. The van der Waals surface area contributed by atoms with Gasteiger partial charge < -0.3 is 11.1 Å². The van der Waals surface area contributed by atoms with E-state index in [1.165, 1.54) is 17.5 Å². The SMILES string of the molecule is Cc1ccc(C(N)C(=O)NCC2CCCN2Cc2ccccc2)cc1. The quantitative estimate of drug-likeness (QED) is 0.852. The number of rotatable bonds is 6. The van der Waals surface area contributed by atoms with Crippen molar-refractivity contribution in [2.45, 2.75) is 38.4 Å². The van der Waals surface area contributed by atoms with Gasteiger partial charge in [-0.2, -0.15) is 0 Å². The summed E-state index contributed by atoms with van der Waals surface area (Å²) in [6.07, 6.45) is 2.30. The van der Waals surface area contributed by atoms with Gasteiger partial charge >= 0.3 is 0 Å². The van der Waals surface area contributed by atoms with Crippen molar-refractivity contribution in [2.24, 2.45) is 5.73 Å². The Balaban J connectivity index is 1.53. The molecule has 1 amide bonds. The number of aryl methyl sites for hydroxylation is 1. The van der Waals surface area contributed by atoms with Crippen molar-refractivity contribution in [2.75, 3.05) is 13.1 Å². The van der Waals surface area contributed by atoms with Gasteiger partial charge in [0.1, 0.15) is 6.04 Å². The molecule has 25 heavy (non-hydrogen) atoms. The second-order valence-corrected chi connectivity index (χ2v) is 6.89. The minimum atomic E-state index is -0.607. The molecule has 0 saturated carbocycles. The van der Waals surface area contributed by atoms with Crippen molar-refractivity contribution in [3.8, 4) is 0 Å². The first-order valence-electron chi connectivity index (χ1n) is 9.01. The third-order valence-electron chi connectivity index (χ3n) is 4.96. The number of amides is 1. The van der Waals surface area contributed by atoms with Crippen molar-refractivity contribution in [3.05, 3.63) is 71.3 Å². The molecule has 1 fully saturated rings. The van der Waals surface area contributed by atoms with Crippen molar-refractivity contribution >= 4 is 5.91 Å². The number of hydrogen-bond acceptors (Lipinski definition) is 3. The van der Waals surface area contributed by atoms with Crippen LogP contribution in [0.3, 0.4) is 0 Å². The van der Waals surface area contributed by atoms with Gasteiger partial charge in [0.05, 0.1) is 0 Å². The lowest BCUT2D eigenvalue weighted by Gasteiger charge is -2.25. The van der Waals surface area contributed by atoms with Gasteiger partial charge in [0.2, 0.25) is 5.91 Å². The van der Waals surface area contributed by atoms with Crippen LogP contribution in [-0.4, -0.2) is 29.9 Å². The number of nitrogens with one attached hydrogen (secondary N) is 1. The molecule has 1 heterocycles. The average Bonchev–Trinajstić information content (AvgIpc) is 3.07. The standard InChI is InChI=1S/C21H27N3O/c1-16-9-11-18(12-10-16)20(22)21(25)23-14-19-8-5-13-24(19)15-17-6-3-2-4-7-17/h2-4,6-7,9-12,19-20H,5,8,13-15,22H2,1H3,(H,23,25). The van der Waals surface area contributed by atoms with Gasteiger partial charge in [-0.1, -0.05) is 60.2 Å². The van der Waals surface area contributed by atoms with E-state index in [0.717, 1.165) is 25.1 Å². The zero-order valence-electron chi connectivity index (χ0n) is 14.8. The van der Waals surface area contributed by atoms with Gasteiger partial charge in [0.25, 0.3) is 0 Å². The fourth-order valence-corrected chi connectivity index (χ4v) is 3.41. The molecule has 4 nitrogen and oxygen atoms in total. The van der Waals surface area contributed by atoms with E-state index in [1.54, 1.807) is 0 Å². The normalized spacial score (nSPS) is 18.9. The summed E-state index contributed by atoms with van der Waals surface area (Å²) < 4.78 is 0. The van der Waals surface area contributed by atoms with Crippen LogP contribution in [-0.2, 0) is 11.3 Å². The molecule has 3 rings (SSSR count). The Bertz CT molecular complexity index is 684. The summed E-state index contributed by atoms with van der Waals surface area (Å²) in [5.74, 6) is -0.101. The molecule has 0 aromatic heterocycles. The molecule has 2 unspecified atom stereocenters. The highest BCUT2D eigenvalue weighted by molar-refractivity contribution is 5.82. The van der Waals surface area contributed by atoms with Gasteiger partial charge in [-0.25, -0.2) is 0 Å². The second-order valence-electron chi connectivity index (χ2n) is 6.89. The molecule has 3 N–H and O–H groups in total. The van der Waals surface area contributed by atoms with E-state index < -0.39 is 6.04 Å². The third-order valence-corrected chi connectivity index (χ3v) is 4.96. The maximum atomic E-state index is 12.4. The Morgan fingerprint density at radius 2 is 1.92 bits per heavy atom. The second kappa shape index (κ2) is 8.28. The van der Waals surface area contributed by atoms with E-state index >= 15 is 0 Å². The molecule has 2 aromatic carbocycles. The van der Waals surface area contributed by atoms with Gasteiger partial charge in [0, 0.05) is 19.1 Å². The number of benzene rings is 2. The van der Waals surface area contributed by atoms with Crippen molar-refractivity contribution in [3.63, 3.8) is 0 Å². The molecule has 0 bridgehead atoms. The van der Waals surface area contributed by atoms with Crippen LogP contribution in [0.4, 0.5) is 0 Å². The largest absolute Gasteiger partial charge is 0.353 e. The van der Waals surface area contributed by atoms with E-state index in [9.17, 15) is 4.79 Å². The predicted molar refractivity (Wildman–Crippen MR) is 101 cm³/mol. The molecule has 2 atom stereocenters. The van der Waals surface area contributed by atoms with Gasteiger partial charge in [0.15, 0.2) is 0 Å². The van der Waals surface area contributed by atoms with E-state index in [4.69, 9.17) is 5.73 Å². The van der Waals surface area contributed by atoms with Crippen LogP contribution in [0.25, 0.3) is 0 Å². The summed E-state index contributed by atoms with van der Waals surface area (Å²) in [5, 5.41) is 3.05. The average molecular weight is 337 g/mol. The summed E-state index contributed by atoms with van der Waals surface area (Å²) in [6.45, 7) is 4.70. The van der Waals surface area contributed by atoms with Crippen LogP contribution in [0.15, 0.2) is 54.6 Å². The number of carbonyl (C=O) groups is 1.